The van der Waals surface area contributed by atoms with Crippen LogP contribution < -0.4 is 21.7 Å². The van der Waals surface area contributed by atoms with E-state index in [0.29, 0.717) is 5.69 Å². The second kappa shape index (κ2) is 10.00. The maximum Gasteiger partial charge on any atom is 0.322 e. The summed E-state index contributed by atoms with van der Waals surface area (Å²) < 4.78 is 0. The molecule has 0 fully saturated rings. The number of aliphatic hydroxyl groups is 1. The van der Waals surface area contributed by atoms with Gasteiger partial charge in [0.1, 0.15) is 18.6 Å². The molecule has 0 bridgehead atoms. The highest BCUT2D eigenvalue weighted by molar-refractivity contribution is 5.92. The summed E-state index contributed by atoms with van der Waals surface area (Å²) in [5.41, 5.74) is 5.94. The van der Waals surface area contributed by atoms with Crippen molar-refractivity contribution in [3.63, 3.8) is 0 Å². The van der Waals surface area contributed by atoms with Gasteiger partial charge < -0.3 is 36.9 Å². The summed E-state index contributed by atoms with van der Waals surface area (Å²) >= 11 is 0. The molecule has 0 spiro atoms. The first-order valence-electron chi connectivity index (χ1n) is 7.23. The molecule has 0 aromatic carbocycles. The second-order valence-corrected chi connectivity index (χ2v) is 5.02. The Morgan fingerprint density at radius 1 is 1.20 bits per heavy atom. The number of hydrogen-bond acceptors (Lipinski definition) is 7. The molecular formula is C13H20N6O6. The van der Waals surface area contributed by atoms with Crippen LogP contribution in [0.4, 0.5) is 0 Å². The molecular weight excluding hydrogens is 336 g/mol. The van der Waals surface area contributed by atoms with E-state index in [9.17, 15) is 19.2 Å². The van der Waals surface area contributed by atoms with Crippen LogP contribution in [0.25, 0.3) is 0 Å². The Balaban J connectivity index is 2.63. The van der Waals surface area contributed by atoms with E-state index in [2.05, 4.69) is 25.9 Å². The number of hydrogen-bond donors (Lipinski definition) is 7. The Hall–Kier alpha value is -2.99. The summed E-state index contributed by atoms with van der Waals surface area (Å²) in [7, 11) is 0. The monoisotopic (exact) mass is 356 g/mol. The first-order valence-corrected chi connectivity index (χ1v) is 7.23. The van der Waals surface area contributed by atoms with E-state index >= 15 is 0 Å². The fourth-order valence-electron chi connectivity index (χ4n) is 1.71. The van der Waals surface area contributed by atoms with Crippen molar-refractivity contribution in [3.8, 4) is 0 Å². The molecule has 1 aromatic rings. The van der Waals surface area contributed by atoms with E-state index in [1.165, 1.54) is 12.5 Å². The highest BCUT2D eigenvalue weighted by atomic mass is 16.4. The van der Waals surface area contributed by atoms with Gasteiger partial charge in [-0.25, -0.2) is 4.98 Å². The number of carbonyl (C=O) groups excluding carboxylic acids is 3. The number of aromatic nitrogens is 2. The summed E-state index contributed by atoms with van der Waals surface area (Å²) in [5, 5.41) is 24.1. The Labute approximate surface area is 142 Å². The first-order chi connectivity index (χ1) is 11.8. The molecule has 0 saturated carbocycles. The lowest BCUT2D eigenvalue weighted by Crippen LogP contribution is -2.54. The van der Waals surface area contributed by atoms with Crippen LogP contribution >= 0.6 is 0 Å². The van der Waals surface area contributed by atoms with E-state index in [0.717, 1.165) is 0 Å². The Kier molecular flexibility index (Phi) is 8.02. The Morgan fingerprint density at radius 2 is 1.92 bits per heavy atom. The fourth-order valence-corrected chi connectivity index (χ4v) is 1.71. The first kappa shape index (κ1) is 20.1. The molecule has 2 unspecified atom stereocenters. The number of H-pyrrole nitrogens is 1. The molecule has 1 rings (SSSR count). The predicted octanol–water partition coefficient (Wildman–Crippen LogP) is -3.93. The average Bonchev–Trinajstić information content (AvgIpc) is 3.09. The van der Waals surface area contributed by atoms with E-state index in [4.69, 9.17) is 15.9 Å². The van der Waals surface area contributed by atoms with E-state index in [-0.39, 0.29) is 6.42 Å². The van der Waals surface area contributed by atoms with Crippen molar-refractivity contribution in [2.75, 3.05) is 19.7 Å². The molecule has 1 aromatic heterocycles. The smallest absolute Gasteiger partial charge is 0.322 e. The van der Waals surface area contributed by atoms with Crippen LogP contribution in [0.3, 0.4) is 0 Å². The minimum Gasteiger partial charge on any atom is -0.480 e. The van der Waals surface area contributed by atoms with Gasteiger partial charge >= 0.3 is 5.97 Å². The molecule has 0 saturated heterocycles. The SMILES string of the molecule is NC(CO)C(=O)NC(Cc1cnc[nH]1)C(=O)NCC(=O)NCC(=O)O. The van der Waals surface area contributed by atoms with E-state index in [1.807, 2.05) is 0 Å². The third-order valence-corrected chi connectivity index (χ3v) is 3.01. The van der Waals surface area contributed by atoms with Gasteiger partial charge in [0.15, 0.2) is 0 Å². The zero-order valence-corrected chi connectivity index (χ0v) is 13.2. The number of nitrogens with one attached hydrogen (secondary N) is 4. The number of aliphatic hydroxyl groups excluding tert-OH is 1. The number of amides is 3. The highest BCUT2D eigenvalue weighted by Gasteiger charge is 2.24. The summed E-state index contributed by atoms with van der Waals surface area (Å²) in [6.45, 7) is -1.64. The normalized spacial score (nSPS) is 12.7. The lowest BCUT2D eigenvalue weighted by Gasteiger charge is -2.19. The topological polar surface area (TPSA) is 200 Å². The number of nitrogens with two attached hydrogens (primary N) is 1. The average molecular weight is 356 g/mol. The second-order valence-electron chi connectivity index (χ2n) is 5.02. The molecule has 0 aliphatic heterocycles. The highest BCUT2D eigenvalue weighted by Crippen LogP contribution is 1.99. The lowest BCUT2D eigenvalue weighted by molar-refractivity contribution is -0.138. The predicted molar refractivity (Wildman–Crippen MR) is 82.9 cm³/mol. The van der Waals surface area contributed by atoms with Crippen LogP contribution in [-0.4, -0.2) is 75.7 Å². The van der Waals surface area contributed by atoms with Crippen molar-refractivity contribution in [3.05, 3.63) is 18.2 Å². The third kappa shape index (κ3) is 7.41. The lowest BCUT2D eigenvalue weighted by atomic mass is 10.1. The number of carbonyl (C=O) groups is 4. The largest absolute Gasteiger partial charge is 0.480 e. The number of aromatic amines is 1. The molecule has 25 heavy (non-hydrogen) atoms. The van der Waals surface area contributed by atoms with Crippen molar-refractivity contribution in [2.24, 2.45) is 5.73 Å². The number of carboxylic acid groups (broad SMARTS) is 1. The standard InChI is InChI=1S/C13H20N6O6/c14-8(5-20)12(24)19-9(1-7-2-15-6-18-7)13(25)17-3-10(21)16-4-11(22)23/h2,6,8-9,20H,1,3-5,14H2,(H,15,18)(H,16,21)(H,17,25)(H,19,24)(H,22,23). The van der Waals surface area contributed by atoms with Crippen molar-refractivity contribution < 1.29 is 29.4 Å². The Morgan fingerprint density at radius 3 is 2.48 bits per heavy atom. The molecule has 1 heterocycles. The van der Waals surface area contributed by atoms with Gasteiger partial charge in [-0.3, -0.25) is 19.2 Å². The summed E-state index contributed by atoms with van der Waals surface area (Å²) in [5.74, 6) is -3.34. The van der Waals surface area contributed by atoms with E-state index < -0.39 is 55.5 Å². The quantitative estimate of drug-likeness (QED) is 0.220. The molecule has 2 atom stereocenters. The minimum absolute atomic E-state index is 0.0481. The molecule has 12 heteroatoms. The van der Waals surface area contributed by atoms with Crippen LogP contribution in [-0.2, 0) is 25.6 Å². The van der Waals surface area contributed by atoms with Gasteiger partial charge in [0.25, 0.3) is 0 Å². The van der Waals surface area contributed by atoms with Crippen LogP contribution in [0.15, 0.2) is 12.5 Å². The van der Waals surface area contributed by atoms with Gasteiger partial charge in [0.2, 0.25) is 17.7 Å². The van der Waals surface area contributed by atoms with Gasteiger partial charge in [-0.15, -0.1) is 0 Å². The fraction of sp³-hybridized carbons (Fsp3) is 0.462. The van der Waals surface area contributed by atoms with Gasteiger partial charge in [-0.05, 0) is 0 Å². The minimum atomic E-state index is -1.22. The van der Waals surface area contributed by atoms with Gasteiger partial charge in [0.05, 0.1) is 19.5 Å². The Bertz CT molecular complexity index is 604. The number of carboxylic acids is 1. The summed E-state index contributed by atoms with van der Waals surface area (Å²) in [6.07, 6.45) is 2.90. The zero-order chi connectivity index (χ0) is 18.8. The van der Waals surface area contributed by atoms with Crippen molar-refractivity contribution in [1.29, 1.82) is 0 Å². The molecule has 3 amide bonds. The molecule has 0 aliphatic rings. The van der Waals surface area contributed by atoms with Crippen LogP contribution in [0.1, 0.15) is 5.69 Å². The maximum atomic E-state index is 12.2. The van der Waals surface area contributed by atoms with Crippen molar-refractivity contribution in [2.45, 2.75) is 18.5 Å². The molecule has 138 valence electrons. The van der Waals surface area contributed by atoms with Gasteiger partial charge in [0, 0.05) is 18.3 Å². The molecule has 0 radical (unpaired) electrons. The van der Waals surface area contributed by atoms with Gasteiger partial charge in [-0.1, -0.05) is 0 Å². The molecule has 8 N–H and O–H groups in total. The van der Waals surface area contributed by atoms with Crippen LogP contribution in [0, 0.1) is 0 Å². The number of aliphatic carboxylic acids is 1. The van der Waals surface area contributed by atoms with Crippen molar-refractivity contribution in [1.82, 2.24) is 25.9 Å². The number of imidazole rings is 1. The van der Waals surface area contributed by atoms with Crippen molar-refractivity contribution >= 4 is 23.7 Å². The number of rotatable bonds is 10. The zero-order valence-electron chi connectivity index (χ0n) is 13.2. The van der Waals surface area contributed by atoms with Gasteiger partial charge in [-0.2, -0.15) is 0 Å². The number of nitrogens with zero attached hydrogens (tertiary/aromatic N) is 1. The molecule has 0 aliphatic carbocycles. The van der Waals surface area contributed by atoms with Crippen LogP contribution in [0.5, 0.6) is 0 Å². The summed E-state index contributed by atoms with van der Waals surface area (Å²) in [4.78, 5) is 52.3. The maximum absolute atomic E-state index is 12.2. The van der Waals surface area contributed by atoms with Crippen LogP contribution in [0.2, 0.25) is 0 Å². The van der Waals surface area contributed by atoms with E-state index in [1.54, 1.807) is 0 Å². The molecule has 12 nitrogen and oxygen atoms in total. The third-order valence-electron chi connectivity index (χ3n) is 3.01. The summed E-state index contributed by atoms with van der Waals surface area (Å²) in [6, 6.07) is -2.27.